The molecule has 1 aliphatic rings. The molecular formula is C18H28O2P+. The molecule has 0 saturated carbocycles. The van der Waals surface area contributed by atoms with E-state index >= 15 is 0 Å². The molecule has 2 nitrogen and oxygen atoms in total. The van der Waals surface area contributed by atoms with E-state index in [0.29, 0.717) is 18.4 Å². The lowest BCUT2D eigenvalue weighted by atomic mass is 10.2. The Balaban J connectivity index is 1.92. The Morgan fingerprint density at radius 2 is 1.71 bits per heavy atom. The van der Waals surface area contributed by atoms with E-state index in [2.05, 4.69) is 13.8 Å². The Bertz CT molecular complexity index is 434. The van der Waals surface area contributed by atoms with Gasteiger partial charge in [-0.15, -0.1) is 0 Å². The zero-order valence-corrected chi connectivity index (χ0v) is 14.3. The second kappa shape index (κ2) is 7.94. The van der Waals surface area contributed by atoms with Crippen molar-refractivity contribution in [2.24, 2.45) is 0 Å². The molecule has 1 aromatic carbocycles. The van der Waals surface area contributed by atoms with Gasteiger partial charge in [-0.1, -0.05) is 30.3 Å². The van der Waals surface area contributed by atoms with E-state index in [1.165, 1.54) is 38.0 Å². The topological polar surface area (TPSA) is 26.3 Å². The predicted octanol–water partition coefficient (Wildman–Crippen LogP) is 4.73. The SMILES string of the molecule is CC(C)[P+]1(CC(=O)OCc2ccccc2)CCCCCC1. The molecule has 0 unspecified atom stereocenters. The van der Waals surface area contributed by atoms with Crippen molar-refractivity contribution in [3.05, 3.63) is 35.9 Å². The zero-order chi connectivity index (χ0) is 15.1. The minimum atomic E-state index is -1.16. The summed E-state index contributed by atoms with van der Waals surface area (Å²) in [5.74, 6) is 0.0165. The molecule has 1 saturated heterocycles. The summed E-state index contributed by atoms with van der Waals surface area (Å²) in [4.78, 5) is 12.3. The highest BCUT2D eigenvalue weighted by molar-refractivity contribution is 7.77. The highest BCUT2D eigenvalue weighted by atomic mass is 31.2. The average Bonchev–Trinajstić information content (AvgIpc) is 2.73. The Labute approximate surface area is 129 Å². The predicted molar refractivity (Wildman–Crippen MR) is 91.4 cm³/mol. The summed E-state index contributed by atoms with van der Waals surface area (Å²) in [6.07, 6.45) is 8.55. The second-order valence-electron chi connectivity index (χ2n) is 6.48. The van der Waals surface area contributed by atoms with Crippen LogP contribution in [0.25, 0.3) is 0 Å². The van der Waals surface area contributed by atoms with E-state index in [-0.39, 0.29) is 5.97 Å². The number of ether oxygens (including phenoxy) is 1. The molecule has 0 amide bonds. The van der Waals surface area contributed by atoms with Gasteiger partial charge in [-0.3, -0.25) is 0 Å². The van der Waals surface area contributed by atoms with Crippen molar-refractivity contribution in [2.75, 3.05) is 18.5 Å². The molecule has 1 heterocycles. The van der Waals surface area contributed by atoms with Crippen LogP contribution in [0, 0.1) is 0 Å². The standard InChI is InChI=1S/C18H28O2P/c1-16(2)21(12-8-3-4-9-13-21)15-18(19)20-14-17-10-6-5-7-11-17/h5-7,10-11,16H,3-4,8-9,12-15H2,1-2H3/q+1. The lowest BCUT2D eigenvalue weighted by Crippen LogP contribution is -2.22. The van der Waals surface area contributed by atoms with Crippen LogP contribution in [-0.4, -0.2) is 30.1 Å². The fraction of sp³-hybridized carbons (Fsp3) is 0.611. The average molecular weight is 307 g/mol. The van der Waals surface area contributed by atoms with Gasteiger partial charge in [0.1, 0.15) is 6.61 Å². The summed E-state index contributed by atoms with van der Waals surface area (Å²) in [7, 11) is -1.16. The molecule has 1 aromatic rings. The number of hydrogen-bond donors (Lipinski definition) is 0. The van der Waals surface area contributed by atoms with Crippen LogP contribution < -0.4 is 0 Å². The lowest BCUT2D eigenvalue weighted by molar-refractivity contribution is -0.141. The van der Waals surface area contributed by atoms with E-state index in [9.17, 15) is 4.79 Å². The van der Waals surface area contributed by atoms with Gasteiger partial charge in [-0.2, -0.15) is 0 Å². The number of carbonyl (C=O) groups is 1. The first-order valence-electron chi connectivity index (χ1n) is 8.18. The van der Waals surface area contributed by atoms with Crippen molar-refractivity contribution in [3.63, 3.8) is 0 Å². The third-order valence-corrected chi connectivity index (χ3v) is 10.2. The number of esters is 1. The van der Waals surface area contributed by atoms with Crippen molar-refractivity contribution in [1.82, 2.24) is 0 Å². The van der Waals surface area contributed by atoms with Gasteiger partial charge in [0.15, 0.2) is 6.16 Å². The molecule has 3 heteroatoms. The molecule has 0 atom stereocenters. The van der Waals surface area contributed by atoms with Gasteiger partial charge >= 0.3 is 5.97 Å². The number of hydrogen-bond acceptors (Lipinski definition) is 2. The van der Waals surface area contributed by atoms with Gasteiger partial charge in [0, 0.05) is 7.26 Å². The summed E-state index contributed by atoms with van der Waals surface area (Å²) in [5, 5.41) is 0. The van der Waals surface area contributed by atoms with Crippen molar-refractivity contribution in [3.8, 4) is 0 Å². The minimum Gasteiger partial charge on any atom is -0.458 e. The number of carbonyl (C=O) groups excluding carboxylic acids is 1. The summed E-state index contributed by atoms with van der Waals surface area (Å²) < 4.78 is 5.54. The largest absolute Gasteiger partial charge is 0.458 e. The van der Waals surface area contributed by atoms with Crippen LogP contribution in [-0.2, 0) is 16.1 Å². The van der Waals surface area contributed by atoms with Gasteiger partial charge in [0.05, 0.1) is 18.0 Å². The quantitative estimate of drug-likeness (QED) is 0.580. The van der Waals surface area contributed by atoms with Crippen LogP contribution in [0.1, 0.15) is 45.1 Å². The van der Waals surface area contributed by atoms with Gasteiger partial charge in [0.2, 0.25) is 0 Å². The van der Waals surface area contributed by atoms with E-state index in [4.69, 9.17) is 4.74 Å². The van der Waals surface area contributed by atoms with Crippen LogP contribution in [0.15, 0.2) is 30.3 Å². The van der Waals surface area contributed by atoms with Gasteiger partial charge in [-0.05, 0) is 45.1 Å². The molecule has 0 aliphatic carbocycles. The van der Waals surface area contributed by atoms with E-state index in [1.807, 2.05) is 30.3 Å². The Hall–Kier alpha value is -0.880. The number of benzene rings is 1. The van der Waals surface area contributed by atoms with Crippen LogP contribution in [0.4, 0.5) is 0 Å². The van der Waals surface area contributed by atoms with E-state index < -0.39 is 7.26 Å². The molecule has 0 radical (unpaired) electrons. The summed E-state index contributed by atoms with van der Waals surface area (Å²) >= 11 is 0. The molecule has 0 bridgehead atoms. The summed E-state index contributed by atoms with van der Waals surface area (Å²) in [5.41, 5.74) is 1.73. The van der Waals surface area contributed by atoms with E-state index in [0.717, 1.165) is 5.56 Å². The smallest absolute Gasteiger partial charge is 0.344 e. The minimum absolute atomic E-state index is 0.0165. The molecule has 0 spiro atoms. The van der Waals surface area contributed by atoms with Crippen LogP contribution >= 0.6 is 7.26 Å². The summed E-state index contributed by atoms with van der Waals surface area (Å²) in [6, 6.07) is 9.96. The molecular weight excluding hydrogens is 279 g/mol. The van der Waals surface area contributed by atoms with Crippen LogP contribution in [0.2, 0.25) is 0 Å². The summed E-state index contributed by atoms with van der Waals surface area (Å²) in [6.45, 7) is 5.03. The third kappa shape index (κ3) is 4.81. The fourth-order valence-electron chi connectivity index (χ4n) is 3.22. The van der Waals surface area contributed by atoms with Crippen LogP contribution in [0.3, 0.4) is 0 Å². The first kappa shape index (κ1) is 16.5. The van der Waals surface area contributed by atoms with Gasteiger partial charge in [0.25, 0.3) is 0 Å². The zero-order valence-electron chi connectivity index (χ0n) is 13.4. The molecule has 0 aromatic heterocycles. The molecule has 116 valence electrons. The third-order valence-electron chi connectivity index (χ3n) is 4.74. The molecule has 2 rings (SSSR count). The van der Waals surface area contributed by atoms with Crippen molar-refractivity contribution < 1.29 is 9.53 Å². The maximum atomic E-state index is 12.3. The lowest BCUT2D eigenvalue weighted by Gasteiger charge is -2.29. The first-order valence-corrected chi connectivity index (χ1v) is 10.6. The molecule has 1 aliphatic heterocycles. The fourth-order valence-corrected chi connectivity index (χ4v) is 7.47. The van der Waals surface area contributed by atoms with Crippen molar-refractivity contribution in [1.29, 1.82) is 0 Å². The van der Waals surface area contributed by atoms with Crippen LogP contribution in [0.5, 0.6) is 0 Å². The maximum Gasteiger partial charge on any atom is 0.344 e. The molecule has 1 fully saturated rings. The Morgan fingerprint density at radius 3 is 2.29 bits per heavy atom. The first-order chi connectivity index (χ1) is 10.1. The maximum absolute atomic E-state index is 12.3. The monoisotopic (exact) mass is 307 g/mol. The van der Waals surface area contributed by atoms with E-state index in [1.54, 1.807) is 0 Å². The highest BCUT2D eigenvalue weighted by Gasteiger charge is 2.43. The Morgan fingerprint density at radius 1 is 1.10 bits per heavy atom. The second-order valence-corrected chi connectivity index (χ2v) is 11.2. The molecule has 21 heavy (non-hydrogen) atoms. The van der Waals surface area contributed by atoms with Crippen molar-refractivity contribution >= 4 is 13.2 Å². The highest BCUT2D eigenvalue weighted by Crippen LogP contribution is 2.64. The van der Waals surface area contributed by atoms with Crippen molar-refractivity contribution in [2.45, 2.75) is 51.8 Å². The van der Waals surface area contributed by atoms with Gasteiger partial charge in [-0.25, -0.2) is 4.79 Å². The number of rotatable bonds is 5. The van der Waals surface area contributed by atoms with Gasteiger partial charge < -0.3 is 4.74 Å². The molecule has 0 N–H and O–H groups in total. The normalized spacial score (nSPS) is 18.2. The Kier molecular flexibility index (Phi) is 6.23.